The predicted molar refractivity (Wildman–Crippen MR) is 179 cm³/mol. The monoisotopic (exact) mass is 594 g/mol. The molecule has 6 heteroatoms. The van der Waals surface area contributed by atoms with E-state index in [1.54, 1.807) is 31.1 Å². The first-order valence-electron chi connectivity index (χ1n) is 16.9. The van der Waals surface area contributed by atoms with E-state index in [1.165, 1.54) is 61.8 Å². The van der Waals surface area contributed by atoms with Gasteiger partial charge < -0.3 is 19.3 Å². The maximum atomic E-state index is 13.5. The molecule has 0 saturated carbocycles. The molecule has 0 unspecified atom stereocenters. The molecule has 6 nitrogen and oxygen atoms in total. The van der Waals surface area contributed by atoms with E-state index in [2.05, 4.69) is 31.2 Å². The summed E-state index contributed by atoms with van der Waals surface area (Å²) in [5, 5.41) is 0. The van der Waals surface area contributed by atoms with Gasteiger partial charge in [0.2, 0.25) is 0 Å². The van der Waals surface area contributed by atoms with Crippen LogP contribution in [-0.2, 0) is 6.42 Å². The third-order valence-corrected chi connectivity index (χ3v) is 7.98. The highest BCUT2D eigenvalue weighted by molar-refractivity contribution is 6.09. The average Bonchev–Trinajstić information content (AvgIpc) is 3.02. The predicted octanol–water partition coefficient (Wildman–Crippen LogP) is 8.96. The third kappa shape index (κ3) is 13.0. The summed E-state index contributed by atoms with van der Waals surface area (Å²) >= 11 is 0. The summed E-state index contributed by atoms with van der Waals surface area (Å²) in [6.45, 7) is 8.31. The lowest BCUT2D eigenvalue weighted by Crippen LogP contribution is -2.33. The number of carbonyl (C=O) groups is 2. The fraction of sp³-hybridized carbons (Fsp3) is 0.622. The molecule has 0 bridgehead atoms. The summed E-state index contributed by atoms with van der Waals surface area (Å²) in [6.07, 6.45) is 16.5. The van der Waals surface area contributed by atoms with Crippen molar-refractivity contribution in [2.45, 2.75) is 111 Å². The number of aryl methyl sites for hydroxylation is 1. The van der Waals surface area contributed by atoms with Crippen molar-refractivity contribution in [1.82, 2.24) is 9.80 Å². The van der Waals surface area contributed by atoms with Gasteiger partial charge in [0, 0.05) is 27.2 Å². The zero-order chi connectivity index (χ0) is 31.3. The van der Waals surface area contributed by atoms with Gasteiger partial charge in [0.25, 0.3) is 11.8 Å². The van der Waals surface area contributed by atoms with Crippen molar-refractivity contribution in [1.29, 1.82) is 0 Å². The highest BCUT2D eigenvalue weighted by Crippen LogP contribution is 2.36. The van der Waals surface area contributed by atoms with Crippen molar-refractivity contribution in [2.24, 2.45) is 0 Å². The Hall–Kier alpha value is -3.02. The molecule has 2 aromatic carbocycles. The van der Waals surface area contributed by atoms with E-state index in [9.17, 15) is 9.59 Å². The Morgan fingerprint density at radius 2 is 1.19 bits per heavy atom. The summed E-state index contributed by atoms with van der Waals surface area (Å²) in [5.74, 6) is 0.529. The largest absolute Gasteiger partial charge is 0.490 e. The van der Waals surface area contributed by atoms with Gasteiger partial charge in [-0.3, -0.25) is 9.59 Å². The lowest BCUT2D eigenvalue weighted by molar-refractivity contribution is 0.0750. The van der Waals surface area contributed by atoms with Crippen LogP contribution in [0.1, 0.15) is 131 Å². The van der Waals surface area contributed by atoms with Crippen molar-refractivity contribution < 1.29 is 19.1 Å². The van der Waals surface area contributed by atoms with Crippen molar-refractivity contribution in [3.63, 3.8) is 0 Å². The van der Waals surface area contributed by atoms with Crippen LogP contribution >= 0.6 is 0 Å². The van der Waals surface area contributed by atoms with Crippen LogP contribution in [-0.4, -0.2) is 62.0 Å². The molecular weight excluding hydrogens is 536 g/mol. The molecule has 0 atom stereocenters. The summed E-state index contributed by atoms with van der Waals surface area (Å²) in [5.41, 5.74) is 2.03. The Morgan fingerprint density at radius 3 is 1.77 bits per heavy atom. The van der Waals surface area contributed by atoms with Gasteiger partial charge in [-0.1, -0.05) is 95.0 Å². The highest BCUT2D eigenvalue weighted by atomic mass is 16.5. The minimum Gasteiger partial charge on any atom is -0.490 e. The van der Waals surface area contributed by atoms with Crippen LogP contribution in [0.15, 0.2) is 42.5 Å². The second-order valence-electron chi connectivity index (χ2n) is 11.7. The van der Waals surface area contributed by atoms with E-state index < -0.39 is 0 Å². The summed E-state index contributed by atoms with van der Waals surface area (Å²) in [7, 11) is 3.42. The van der Waals surface area contributed by atoms with Crippen molar-refractivity contribution in [2.75, 3.05) is 40.4 Å². The fourth-order valence-electron chi connectivity index (χ4n) is 5.31. The molecule has 2 rings (SSSR count). The maximum absolute atomic E-state index is 13.5. The number of carbonyl (C=O) groups excluding carboxylic acids is 2. The lowest BCUT2D eigenvalue weighted by Gasteiger charge is -2.24. The summed E-state index contributed by atoms with van der Waals surface area (Å²) in [6, 6.07) is 14.1. The number of amides is 2. The first kappa shape index (κ1) is 36.2. The Kier molecular flexibility index (Phi) is 18.2. The number of rotatable bonds is 23. The van der Waals surface area contributed by atoms with Crippen LogP contribution in [0.4, 0.5) is 0 Å². The number of unbranched alkanes of at least 4 members (excludes halogenated alkanes) is 11. The molecule has 0 fully saturated rings. The molecule has 0 aliphatic heterocycles. The molecule has 0 heterocycles. The quantitative estimate of drug-likeness (QED) is 0.121. The van der Waals surface area contributed by atoms with Crippen LogP contribution < -0.4 is 9.47 Å². The minimum absolute atomic E-state index is 0.161. The summed E-state index contributed by atoms with van der Waals surface area (Å²) in [4.78, 5) is 30.2. The summed E-state index contributed by atoms with van der Waals surface area (Å²) < 4.78 is 12.6. The Balaban J connectivity index is 2.08. The van der Waals surface area contributed by atoms with Crippen LogP contribution in [0.3, 0.4) is 0 Å². The normalized spacial score (nSPS) is 10.9. The lowest BCUT2D eigenvalue weighted by atomic mass is 10.0. The van der Waals surface area contributed by atoms with E-state index in [1.807, 2.05) is 19.9 Å². The number of hydrogen-bond acceptors (Lipinski definition) is 4. The van der Waals surface area contributed by atoms with Gasteiger partial charge in [-0.15, -0.1) is 0 Å². The minimum atomic E-state index is -0.248. The average molecular weight is 595 g/mol. The molecule has 0 radical (unpaired) electrons. The molecule has 2 amide bonds. The SMILES string of the molecule is CCCCCCCCCCCCOc1c(OCCCCCc2ccccc2)ccc(C(=O)N(CC)CC)c1C(=O)N(C)C. The van der Waals surface area contributed by atoms with Crippen LogP contribution in [0.25, 0.3) is 0 Å². The van der Waals surface area contributed by atoms with Crippen LogP contribution in [0.5, 0.6) is 11.5 Å². The number of benzene rings is 2. The van der Waals surface area contributed by atoms with Crippen LogP contribution in [0, 0.1) is 0 Å². The van der Waals surface area contributed by atoms with Gasteiger partial charge in [-0.25, -0.2) is 0 Å². The molecule has 240 valence electrons. The molecule has 0 aromatic heterocycles. The third-order valence-electron chi connectivity index (χ3n) is 7.98. The number of nitrogens with zero attached hydrogens (tertiary/aromatic N) is 2. The Labute approximate surface area is 262 Å². The molecule has 0 spiro atoms. The van der Waals surface area contributed by atoms with Gasteiger partial charge in [0.05, 0.1) is 24.3 Å². The first-order chi connectivity index (χ1) is 20.9. The van der Waals surface area contributed by atoms with Crippen LogP contribution in [0.2, 0.25) is 0 Å². The van der Waals surface area contributed by atoms with E-state index in [-0.39, 0.29) is 11.8 Å². The maximum Gasteiger partial charge on any atom is 0.258 e. The van der Waals surface area contributed by atoms with E-state index >= 15 is 0 Å². The second-order valence-corrected chi connectivity index (χ2v) is 11.7. The highest BCUT2D eigenvalue weighted by Gasteiger charge is 2.28. The van der Waals surface area contributed by atoms with Gasteiger partial charge in [0.1, 0.15) is 0 Å². The molecule has 43 heavy (non-hydrogen) atoms. The topological polar surface area (TPSA) is 59.1 Å². The van der Waals surface area contributed by atoms with Gasteiger partial charge in [-0.05, 0) is 63.6 Å². The Bertz CT molecular complexity index is 1050. The van der Waals surface area contributed by atoms with Gasteiger partial charge >= 0.3 is 0 Å². The second kappa shape index (κ2) is 21.6. The fourth-order valence-corrected chi connectivity index (χ4v) is 5.31. The van der Waals surface area contributed by atoms with E-state index in [0.717, 1.165) is 38.5 Å². The van der Waals surface area contributed by atoms with Gasteiger partial charge in [-0.2, -0.15) is 0 Å². The zero-order valence-corrected chi connectivity index (χ0v) is 27.8. The van der Waals surface area contributed by atoms with Crippen molar-refractivity contribution in [3.8, 4) is 11.5 Å². The standard InChI is InChI=1S/C37H58N2O4/c1-6-9-10-11-12-13-14-15-16-22-30-43-35-33(42-29-23-18-21-26-31-24-19-17-20-25-31)28-27-32(34(35)37(41)38(4)5)36(40)39(7-2)8-3/h17,19-20,24-25,27-28H,6-16,18,21-23,26,29-30H2,1-5H3. The molecular formula is C37H58N2O4. The van der Waals surface area contributed by atoms with E-state index in [4.69, 9.17) is 9.47 Å². The van der Waals surface area contributed by atoms with Gasteiger partial charge in [0.15, 0.2) is 11.5 Å². The molecule has 0 aliphatic rings. The first-order valence-corrected chi connectivity index (χ1v) is 16.9. The number of ether oxygens (including phenoxy) is 2. The molecule has 2 aromatic rings. The van der Waals surface area contributed by atoms with Crippen molar-refractivity contribution >= 4 is 11.8 Å². The molecule has 0 aliphatic carbocycles. The smallest absolute Gasteiger partial charge is 0.258 e. The van der Waals surface area contributed by atoms with E-state index in [0.29, 0.717) is 48.9 Å². The Morgan fingerprint density at radius 1 is 0.628 bits per heavy atom. The van der Waals surface area contributed by atoms with Crippen molar-refractivity contribution in [3.05, 3.63) is 59.2 Å². The molecule has 0 saturated heterocycles. The molecule has 0 N–H and O–H groups in total. The number of hydrogen-bond donors (Lipinski definition) is 0. The zero-order valence-electron chi connectivity index (χ0n) is 27.8.